The summed E-state index contributed by atoms with van der Waals surface area (Å²) in [6.45, 7) is 1.44. The van der Waals surface area contributed by atoms with E-state index in [9.17, 15) is 39.6 Å². The van der Waals surface area contributed by atoms with E-state index in [1.807, 2.05) is 0 Å². The molecule has 0 spiro atoms. The molecule has 203 valence electrons. The van der Waals surface area contributed by atoms with Gasteiger partial charge in [0.15, 0.2) is 17.2 Å². The van der Waals surface area contributed by atoms with Gasteiger partial charge in [0, 0.05) is 28.7 Å². The van der Waals surface area contributed by atoms with Gasteiger partial charge >= 0.3 is 0 Å². The highest BCUT2D eigenvalue weighted by Crippen LogP contribution is 2.53. The average Bonchev–Trinajstić information content (AvgIpc) is 2.86. The van der Waals surface area contributed by atoms with E-state index in [2.05, 4.69) is 0 Å². The van der Waals surface area contributed by atoms with Gasteiger partial charge < -0.3 is 31.1 Å². The summed E-state index contributed by atoms with van der Waals surface area (Å²) < 4.78 is 0. The van der Waals surface area contributed by atoms with Crippen molar-refractivity contribution < 1.29 is 39.6 Å². The van der Waals surface area contributed by atoms with Crippen LogP contribution in [0.5, 0.6) is 5.75 Å². The Bertz CT molecular complexity index is 1460. The van der Waals surface area contributed by atoms with Crippen LogP contribution in [0.3, 0.4) is 0 Å². The zero-order valence-corrected chi connectivity index (χ0v) is 21.6. The van der Waals surface area contributed by atoms with E-state index in [1.165, 1.54) is 11.8 Å². The Hall–Kier alpha value is -3.86. The molecule has 2 aromatic carbocycles. The van der Waals surface area contributed by atoms with Crippen molar-refractivity contribution in [3.05, 3.63) is 65.1 Å². The van der Waals surface area contributed by atoms with Crippen molar-refractivity contribution in [1.29, 1.82) is 0 Å². The van der Waals surface area contributed by atoms with Crippen LogP contribution in [0.25, 0.3) is 16.9 Å². The van der Waals surface area contributed by atoms with Gasteiger partial charge in [0.1, 0.15) is 17.4 Å². The number of aliphatic hydroxyl groups excluding tert-OH is 2. The third kappa shape index (κ3) is 3.74. The van der Waals surface area contributed by atoms with Crippen LogP contribution in [0.1, 0.15) is 34.8 Å². The number of Topliss-reactive ketones (excluding diaryl/α,β-unsaturated/α-hetero) is 3. The maximum atomic E-state index is 13.9. The van der Waals surface area contributed by atoms with E-state index in [4.69, 9.17) is 5.73 Å². The summed E-state index contributed by atoms with van der Waals surface area (Å²) in [5.74, 6) is -8.13. The topological polar surface area (TPSA) is 178 Å². The SMILES string of the molecule is CC(=O)c1ccc(-c2ccc3c(c2O)C(O)=C2C(=O)[C@@]4(O)C(=O)C(C(N)=O)C(O)[C@H](N(C)C)[C@H]4C[C@H]2[CH]3)cc1. The van der Waals surface area contributed by atoms with Crippen LogP contribution < -0.4 is 5.73 Å². The second-order valence-electron chi connectivity index (χ2n) is 10.7. The first-order chi connectivity index (χ1) is 18.3. The number of benzene rings is 2. The second-order valence-corrected chi connectivity index (χ2v) is 10.7. The molecule has 6 atom stereocenters. The highest BCUT2D eigenvalue weighted by Gasteiger charge is 2.67. The predicted octanol–water partition coefficient (Wildman–Crippen LogP) is 1.01. The van der Waals surface area contributed by atoms with Crippen LogP contribution in [-0.4, -0.2) is 80.4 Å². The monoisotopic (exact) mass is 533 g/mol. The number of aromatic hydroxyl groups is 1. The Morgan fingerprint density at radius 2 is 1.69 bits per heavy atom. The van der Waals surface area contributed by atoms with Gasteiger partial charge in [0.05, 0.1) is 11.7 Å². The number of nitrogens with zero attached hydrogens (tertiary/aromatic N) is 1. The lowest BCUT2D eigenvalue weighted by molar-refractivity contribution is -0.183. The summed E-state index contributed by atoms with van der Waals surface area (Å²) in [5, 5.41) is 45.1. The van der Waals surface area contributed by atoms with Crippen LogP contribution in [0.15, 0.2) is 42.0 Å². The summed E-state index contributed by atoms with van der Waals surface area (Å²) >= 11 is 0. The number of fused-ring (bicyclic) bond motifs is 3. The molecule has 10 heteroatoms. The second kappa shape index (κ2) is 9.11. The molecule has 1 amide bonds. The Labute approximate surface area is 224 Å². The maximum Gasteiger partial charge on any atom is 0.230 e. The number of carbonyl (C=O) groups is 4. The number of amides is 1. The number of carbonyl (C=O) groups excluding carboxylic acids is 4. The number of primary amides is 1. The van der Waals surface area contributed by atoms with Crippen molar-refractivity contribution in [2.45, 2.75) is 31.1 Å². The van der Waals surface area contributed by atoms with Gasteiger partial charge in [0.25, 0.3) is 0 Å². The molecule has 6 N–H and O–H groups in total. The van der Waals surface area contributed by atoms with Crippen LogP contribution in [0, 0.1) is 24.2 Å². The van der Waals surface area contributed by atoms with Crippen molar-refractivity contribution in [3.63, 3.8) is 0 Å². The molecule has 2 aromatic rings. The van der Waals surface area contributed by atoms with E-state index in [0.717, 1.165) is 0 Å². The Morgan fingerprint density at radius 3 is 2.26 bits per heavy atom. The van der Waals surface area contributed by atoms with Gasteiger partial charge in [-0.2, -0.15) is 0 Å². The lowest BCUT2D eigenvalue weighted by Crippen LogP contribution is -2.73. The number of nitrogens with two attached hydrogens (primary N) is 1. The standard InChI is InChI=1S/C29H29N2O8/c1-12(32)13-4-6-14(7-5-13)17-9-8-15-10-16-11-18-22(31(2)3)25(35)21(28(30)38)27(37)29(18,39)26(36)20(16)24(34)19(15)23(17)33/h4-10,16,18,21-22,25,33-35,39H,11H2,1-3H3,(H2,30,38)/t16-,18-,21?,22-,25?,29-/m1/s1. The number of ketones is 3. The van der Waals surface area contributed by atoms with Crippen molar-refractivity contribution in [2.75, 3.05) is 14.1 Å². The quantitative estimate of drug-likeness (QED) is 0.283. The number of hydrogen-bond acceptors (Lipinski definition) is 9. The van der Waals surface area contributed by atoms with Crippen LogP contribution in [0.2, 0.25) is 0 Å². The van der Waals surface area contributed by atoms with Crippen molar-refractivity contribution >= 4 is 29.0 Å². The lowest BCUT2D eigenvalue weighted by Gasteiger charge is -2.53. The molecular weight excluding hydrogens is 504 g/mol. The molecule has 0 heterocycles. The summed E-state index contributed by atoms with van der Waals surface area (Å²) in [7, 11) is 3.19. The fourth-order valence-corrected chi connectivity index (χ4v) is 6.47. The summed E-state index contributed by atoms with van der Waals surface area (Å²) in [5.41, 5.74) is 4.21. The molecule has 5 rings (SSSR count). The van der Waals surface area contributed by atoms with E-state index in [1.54, 1.807) is 56.9 Å². The number of aliphatic hydroxyl groups is 3. The Balaban J connectivity index is 1.64. The van der Waals surface area contributed by atoms with Crippen molar-refractivity contribution in [3.8, 4) is 16.9 Å². The molecule has 2 fully saturated rings. The summed E-state index contributed by atoms with van der Waals surface area (Å²) in [6, 6.07) is 8.88. The van der Waals surface area contributed by atoms with Gasteiger partial charge in [-0.3, -0.25) is 19.2 Å². The normalized spacial score (nSPS) is 30.1. The van der Waals surface area contributed by atoms with Gasteiger partial charge in [-0.15, -0.1) is 0 Å². The average molecular weight is 534 g/mol. The first-order valence-electron chi connectivity index (χ1n) is 12.5. The number of phenols is 1. The fraction of sp³-hybridized carbons (Fsp3) is 0.345. The van der Waals surface area contributed by atoms with E-state index in [-0.39, 0.29) is 29.1 Å². The maximum absolute atomic E-state index is 13.9. The Morgan fingerprint density at radius 1 is 1.05 bits per heavy atom. The zero-order chi connectivity index (χ0) is 28.5. The molecule has 1 radical (unpaired) electrons. The van der Waals surface area contributed by atoms with E-state index < -0.39 is 58.7 Å². The van der Waals surface area contributed by atoms with Crippen molar-refractivity contribution in [1.82, 2.24) is 4.90 Å². The number of phenolic OH excluding ortho intramolecular Hbond substituents is 1. The number of rotatable bonds is 4. The molecule has 0 aliphatic heterocycles. The third-order valence-electron chi connectivity index (χ3n) is 8.36. The number of likely N-dealkylation sites (N-methyl/N-ethyl adjacent to an activating group) is 1. The molecular formula is C29H29N2O8. The zero-order valence-electron chi connectivity index (χ0n) is 21.6. The molecule has 0 saturated heterocycles. The highest BCUT2D eigenvalue weighted by atomic mass is 16.3. The molecule has 0 bridgehead atoms. The van der Waals surface area contributed by atoms with Gasteiger partial charge in [-0.25, -0.2) is 0 Å². The third-order valence-corrected chi connectivity index (χ3v) is 8.36. The smallest absolute Gasteiger partial charge is 0.230 e. The largest absolute Gasteiger partial charge is 0.507 e. The Kier molecular flexibility index (Phi) is 6.25. The molecule has 3 aliphatic carbocycles. The minimum Gasteiger partial charge on any atom is -0.507 e. The first-order valence-corrected chi connectivity index (χ1v) is 12.5. The molecule has 0 aromatic heterocycles. The molecule has 10 nitrogen and oxygen atoms in total. The molecule has 2 unspecified atom stereocenters. The van der Waals surface area contributed by atoms with Gasteiger partial charge in [0.2, 0.25) is 11.7 Å². The predicted molar refractivity (Wildman–Crippen MR) is 139 cm³/mol. The first kappa shape index (κ1) is 26.7. The summed E-state index contributed by atoms with van der Waals surface area (Å²) in [4.78, 5) is 52.6. The van der Waals surface area contributed by atoms with Crippen LogP contribution >= 0.6 is 0 Å². The van der Waals surface area contributed by atoms with Crippen molar-refractivity contribution in [2.24, 2.45) is 23.5 Å². The lowest BCUT2D eigenvalue weighted by atomic mass is 9.54. The van der Waals surface area contributed by atoms with E-state index in [0.29, 0.717) is 22.3 Å². The number of hydrogen-bond donors (Lipinski definition) is 5. The highest BCUT2D eigenvalue weighted by molar-refractivity contribution is 6.25. The minimum atomic E-state index is -2.71. The molecule has 3 aliphatic rings. The molecule has 39 heavy (non-hydrogen) atoms. The summed E-state index contributed by atoms with van der Waals surface area (Å²) in [6.07, 6.45) is 0.139. The van der Waals surface area contributed by atoms with Crippen LogP contribution in [0.4, 0.5) is 0 Å². The van der Waals surface area contributed by atoms with E-state index >= 15 is 0 Å². The minimum absolute atomic E-state index is 0.00717. The molecule has 2 saturated carbocycles. The fourth-order valence-electron chi connectivity index (χ4n) is 6.47. The van der Waals surface area contributed by atoms with Gasteiger partial charge in [-0.05, 0) is 50.9 Å². The van der Waals surface area contributed by atoms with Crippen LogP contribution in [-0.2, 0) is 14.4 Å². The van der Waals surface area contributed by atoms with Gasteiger partial charge in [-0.1, -0.05) is 36.4 Å².